The number of hydrogen-bond acceptors (Lipinski definition) is 5. The Balaban J connectivity index is 2.21. The molecule has 0 spiro atoms. The summed E-state index contributed by atoms with van der Waals surface area (Å²) in [4.78, 5) is 15.0. The lowest BCUT2D eigenvalue weighted by molar-refractivity contribution is 0.624. The molecule has 126 valence electrons. The summed E-state index contributed by atoms with van der Waals surface area (Å²) in [6.07, 6.45) is 3.35. The monoisotopic (exact) mass is 336 g/mol. The zero-order chi connectivity index (χ0) is 18.0. The first-order valence-electron chi connectivity index (χ1n) is 7.81. The first-order valence-corrected chi connectivity index (χ1v) is 7.81. The Morgan fingerprint density at radius 1 is 1.36 bits per heavy atom. The number of nitrogens with zero attached hydrogens (tertiary/aromatic N) is 6. The van der Waals surface area contributed by atoms with Gasteiger partial charge in [-0.15, -0.1) is 0 Å². The van der Waals surface area contributed by atoms with Crippen LogP contribution in [0.5, 0.6) is 0 Å². The van der Waals surface area contributed by atoms with Crippen LogP contribution in [-0.2, 0) is 7.05 Å². The molecule has 0 amide bonds. The SMILES string of the molecule is CCN=c1c2cc(N(C)c3cccc(F)c3C#N)ncc2ncn1C. The van der Waals surface area contributed by atoms with Gasteiger partial charge < -0.3 is 9.47 Å². The second-order valence-electron chi connectivity index (χ2n) is 5.52. The molecule has 0 saturated heterocycles. The molecule has 0 bridgehead atoms. The lowest BCUT2D eigenvalue weighted by Gasteiger charge is -2.20. The van der Waals surface area contributed by atoms with Crippen LogP contribution in [0.25, 0.3) is 10.9 Å². The molecule has 0 aliphatic carbocycles. The van der Waals surface area contributed by atoms with Crippen molar-refractivity contribution in [3.8, 4) is 6.07 Å². The Hall–Kier alpha value is -3.27. The van der Waals surface area contributed by atoms with Crippen LogP contribution in [0, 0.1) is 17.1 Å². The van der Waals surface area contributed by atoms with Crippen LogP contribution < -0.4 is 10.4 Å². The molecule has 0 aliphatic rings. The van der Waals surface area contributed by atoms with Gasteiger partial charge in [-0.3, -0.25) is 4.99 Å². The normalized spacial score (nSPS) is 11.6. The molecule has 6 nitrogen and oxygen atoms in total. The van der Waals surface area contributed by atoms with Crippen LogP contribution in [0.1, 0.15) is 12.5 Å². The van der Waals surface area contributed by atoms with Crippen LogP contribution in [-0.4, -0.2) is 28.1 Å². The van der Waals surface area contributed by atoms with Crippen molar-refractivity contribution in [2.45, 2.75) is 6.92 Å². The van der Waals surface area contributed by atoms with E-state index in [1.165, 1.54) is 6.07 Å². The van der Waals surface area contributed by atoms with Crippen molar-refractivity contribution >= 4 is 22.4 Å². The molecule has 0 unspecified atom stereocenters. The Bertz CT molecular complexity index is 1050. The van der Waals surface area contributed by atoms with Crippen LogP contribution in [0.4, 0.5) is 15.9 Å². The van der Waals surface area contributed by atoms with Crippen molar-refractivity contribution in [1.82, 2.24) is 14.5 Å². The molecule has 0 radical (unpaired) electrons. The number of benzene rings is 1. The summed E-state index contributed by atoms with van der Waals surface area (Å²) in [5.41, 5.74) is 1.96. The molecule has 25 heavy (non-hydrogen) atoms. The van der Waals surface area contributed by atoms with Crippen LogP contribution >= 0.6 is 0 Å². The van der Waals surface area contributed by atoms with Crippen molar-refractivity contribution in [1.29, 1.82) is 5.26 Å². The van der Waals surface area contributed by atoms with Gasteiger partial charge in [-0.05, 0) is 25.1 Å². The van der Waals surface area contributed by atoms with E-state index >= 15 is 0 Å². The fourth-order valence-corrected chi connectivity index (χ4v) is 2.67. The van der Waals surface area contributed by atoms with E-state index in [1.54, 1.807) is 36.6 Å². The van der Waals surface area contributed by atoms with E-state index in [4.69, 9.17) is 0 Å². The average Bonchev–Trinajstić information content (AvgIpc) is 2.63. The van der Waals surface area contributed by atoms with Crippen molar-refractivity contribution in [3.05, 3.63) is 53.7 Å². The second-order valence-corrected chi connectivity index (χ2v) is 5.52. The van der Waals surface area contributed by atoms with Gasteiger partial charge in [0.1, 0.15) is 28.8 Å². The lowest BCUT2D eigenvalue weighted by atomic mass is 10.1. The number of anilines is 2. The zero-order valence-electron chi connectivity index (χ0n) is 14.2. The molecule has 2 heterocycles. The highest BCUT2D eigenvalue weighted by atomic mass is 19.1. The van der Waals surface area contributed by atoms with E-state index in [0.29, 0.717) is 18.1 Å². The number of halogens is 1. The minimum Gasteiger partial charge on any atom is -0.328 e. The number of fused-ring (bicyclic) bond motifs is 1. The molecule has 0 fully saturated rings. The molecule has 2 aromatic heterocycles. The summed E-state index contributed by atoms with van der Waals surface area (Å²) >= 11 is 0. The molecule has 0 atom stereocenters. The summed E-state index contributed by atoms with van der Waals surface area (Å²) < 4.78 is 15.7. The maximum absolute atomic E-state index is 13.9. The first kappa shape index (κ1) is 16.6. The van der Waals surface area contributed by atoms with E-state index in [2.05, 4.69) is 15.0 Å². The summed E-state index contributed by atoms with van der Waals surface area (Å²) in [7, 11) is 3.63. The first-order chi connectivity index (χ1) is 12.1. The second kappa shape index (κ2) is 6.69. The summed E-state index contributed by atoms with van der Waals surface area (Å²) in [6.45, 7) is 2.61. The third-order valence-corrected chi connectivity index (χ3v) is 3.93. The van der Waals surface area contributed by atoms with Crippen molar-refractivity contribution in [2.24, 2.45) is 12.0 Å². The van der Waals surface area contributed by atoms with Gasteiger partial charge in [0, 0.05) is 26.0 Å². The van der Waals surface area contributed by atoms with Gasteiger partial charge in [0.05, 0.1) is 23.7 Å². The van der Waals surface area contributed by atoms with Gasteiger partial charge in [0.25, 0.3) is 0 Å². The Morgan fingerprint density at radius 3 is 2.88 bits per heavy atom. The minimum atomic E-state index is -0.553. The predicted octanol–water partition coefficient (Wildman–Crippen LogP) is 2.67. The third kappa shape index (κ3) is 2.94. The number of aromatic nitrogens is 3. The maximum atomic E-state index is 13.9. The van der Waals surface area contributed by atoms with Crippen molar-refractivity contribution in [2.75, 3.05) is 18.5 Å². The van der Waals surface area contributed by atoms with Gasteiger partial charge in [-0.1, -0.05) is 6.07 Å². The lowest BCUT2D eigenvalue weighted by Crippen LogP contribution is -2.21. The number of nitriles is 1. The number of rotatable bonds is 3. The van der Waals surface area contributed by atoms with E-state index in [-0.39, 0.29) is 5.56 Å². The van der Waals surface area contributed by atoms with E-state index < -0.39 is 5.82 Å². The standard InChI is InChI=1S/C18H17FN6/c1-4-21-18-12-8-17(22-10-15(12)23-11-24(18)2)25(3)16-7-5-6-14(19)13(16)9-20/h5-8,10-11H,4H2,1-3H3. The van der Waals surface area contributed by atoms with E-state index in [9.17, 15) is 9.65 Å². The summed E-state index contributed by atoms with van der Waals surface area (Å²) in [5, 5.41) is 10.1. The van der Waals surface area contributed by atoms with Gasteiger partial charge in [0.15, 0.2) is 0 Å². The number of hydrogen-bond donors (Lipinski definition) is 0. The average molecular weight is 336 g/mol. The van der Waals surface area contributed by atoms with Crippen LogP contribution in [0.2, 0.25) is 0 Å². The van der Waals surface area contributed by atoms with Gasteiger partial charge >= 0.3 is 0 Å². The minimum absolute atomic E-state index is 0.0119. The van der Waals surface area contributed by atoms with Crippen molar-refractivity contribution in [3.63, 3.8) is 0 Å². The van der Waals surface area contributed by atoms with Crippen molar-refractivity contribution < 1.29 is 4.39 Å². The Morgan fingerprint density at radius 2 is 2.16 bits per heavy atom. The summed E-state index contributed by atoms with van der Waals surface area (Å²) in [6, 6.07) is 8.29. The fourth-order valence-electron chi connectivity index (χ4n) is 2.67. The number of aryl methyl sites for hydroxylation is 1. The highest BCUT2D eigenvalue weighted by Gasteiger charge is 2.15. The molecule has 0 aliphatic heterocycles. The third-order valence-electron chi connectivity index (χ3n) is 3.93. The largest absolute Gasteiger partial charge is 0.328 e. The predicted molar refractivity (Wildman–Crippen MR) is 93.8 cm³/mol. The van der Waals surface area contributed by atoms with E-state index in [0.717, 1.165) is 16.4 Å². The Labute approximate surface area is 144 Å². The smallest absolute Gasteiger partial charge is 0.143 e. The zero-order valence-corrected chi connectivity index (χ0v) is 14.2. The number of pyridine rings is 1. The quantitative estimate of drug-likeness (QED) is 0.737. The van der Waals surface area contributed by atoms with Gasteiger partial charge in [-0.2, -0.15) is 5.26 Å². The molecule has 0 saturated carbocycles. The molecular weight excluding hydrogens is 319 g/mol. The van der Waals surface area contributed by atoms with Gasteiger partial charge in [-0.25, -0.2) is 14.4 Å². The topological polar surface area (TPSA) is 70.1 Å². The molecule has 3 rings (SSSR count). The highest BCUT2D eigenvalue weighted by molar-refractivity contribution is 5.81. The molecule has 1 aromatic carbocycles. The molecular formula is C18H17FN6. The van der Waals surface area contributed by atoms with Crippen LogP contribution in [0.15, 0.2) is 41.8 Å². The summed E-state index contributed by atoms with van der Waals surface area (Å²) in [5.74, 6) is 0.0255. The van der Waals surface area contributed by atoms with Gasteiger partial charge in [0.2, 0.25) is 0 Å². The molecule has 3 aromatic rings. The fraction of sp³-hybridized carbons (Fsp3) is 0.222. The van der Waals surface area contributed by atoms with Crippen LogP contribution in [0.3, 0.4) is 0 Å². The molecule has 7 heteroatoms. The highest BCUT2D eigenvalue weighted by Crippen LogP contribution is 2.27. The molecule has 0 N–H and O–H groups in total. The Kier molecular flexibility index (Phi) is 4.44. The van der Waals surface area contributed by atoms with E-state index in [1.807, 2.05) is 30.7 Å². The maximum Gasteiger partial charge on any atom is 0.143 e.